The second-order valence-corrected chi connectivity index (χ2v) is 5.23. The molecule has 1 heterocycles. The van der Waals surface area contributed by atoms with Gasteiger partial charge in [-0.2, -0.15) is 0 Å². The first-order chi connectivity index (χ1) is 8.62. The monoisotopic (exact) mass is 248 g/mol. The lowest BCUT2D eigenvalue weighted by Crippen LogP contribution is -2.30. The molecule has 1 aliphatic heterocycles. The van der Waals surface area contributed by atoms with E-state index in [0.29, 0.717) is 12.0 Å². The number of carbonyl (C=O) groups is 2. The largest absolute Gasteiger partial charge is 0.389 e. The first kappa shape index (κ1) is 13.1. The third-order valence-corrected chi connectivity index (χ3v) is 3.94. The zero-order valence-electron chi connectivity index (χ0n) is 11.1. The molecule has 1 atom stereocenters. The van der Waals surface area contributed by atoms with Crippen molar-refractivity contribution in [2.24, 2.45) is 5.41 Å². The summed E-state index contributed by atoms with van der Waals surface area (Å²) in [4.78, 5) is 23.8. The molecule has 3 nitrogen and oxygen atoms in total. The zero-order valence-corrected chi connectivity index (χ0v) is 11.1. The molecule has 18 heavy (non-hydrogen) atoms. The Hall–Kier alpha value is -1.38. The number of fused-ring (bicyclic) bond motifs is 1. The number of ether oxygens (including phenoxy) is 1. The van der Waals surface area contributed by atoms with Gasteiger partial charge in [0.05, 0.1) is 5.57 Å². The van der Waals surface area contributed by atoms with Crippen LogP contribution < -0.4 is 0 Å². The van der Waals surface area contributed by atoms with Crippen molar-refractivity contribution in [3.8, 4) is 0 Å². The average Bonchev–Trinajstić information content (AvgIpc) is 2.59. The van der Waals surface area contributed by atoms with Gasteiger partial charge in [-0.3, -0.25) is 4.79 Å². The van der Waals surface area contributed by atoms with Crippen LogP contribution in [-0.2, 0) is 14.3 Å². The molecule has 0 spiro atoms. The fourth-order valence-electron chi connectivity index (χ4n) is 2.96. The first-order valence-electron chi connectivity index (χ1n) is 6.76. The van der Waals surface area contributed by atoms with E-state index in [2.05, 4.69) is 6.92 Å². The van der Waals surface area contributed by atoms with Crippen LogP contribution in [-0.4, -0.2) is 11.9 Å². The Balaban J connectivity index is 2.20. The highest BCUT2D eigenvalue weighted by atomic mass is 16.6. The fourth-order valence-corrected chi connectivity index (χ4v) is 2.96. The molecular formula is C15H20O3. The SMILES string of the molecule is CCCCCCC12CC=CC(C)=C1C(=O)OC2=O. The molecule has 0 aromatic heterocycles. The third kappa shape index (κ3) is 2.02. The Morgan fingerprint density at radius 3 is 2.78 bits per heavy atom. The van der Waals surface area contributed by atoms with Crippen molar-refractivity contribution in [3.05, 3.63) is 23.3 Å². The van der Waals surface area contributed by atoms with Gasteiger partial charge >= 0.3 is 11.9 Å². The molecule has 0 bridgehead atoms. The summed E-state index contributed by atoms with van der Waals surface area (Å²) < 4.78 is 4.86. The molecule has 0 saturated carbocycles. The summed E-state index contributed by atoms with van der Waals surface area (Å²) in [6.07, 6.45) is 9.66. The normalized spacial score (nSPS) is 26.6. The van der Waals surface area contributed by atoms with Gasteiger partial charge in [-0.05, 0) is 25.3 Å². The number of hydrogen-bond donors (Lipinski definition) is 0. The van der Waals surface area contributed by atoms with Gasteiger partial charge < -0.3 is 4.74 Å². The summed E-state index contributed by atoms with van der Waals surface area (Å²) >= 11 is 0. The Labute approximate surface area is 108 Å². The lowest BCUT2D eigenvalue weighted by Gasteiger charge is -2.27. The summed E-state index contributed by atoms with van der Waals surface area (Å²) in [6.45, 7) is 4.04. The second kappa shape index (κ2) is 5.09. The van der Waals surface area contributed by atoms with Crippen LogP contribution >= 0.6 is 0 Å². The summed E-state index contributed by atoms with van der Waals surface area (Å²) in [5.41, 5.74) is 0.808. The molecule has 2 aliphatic rings. The minimum Gasteiger partial charge on any atom is -0.389 e. The Morgan fingerprint density at radius 2 is 2.06 bits per heavy atom. The number of allylic oxidation sites excluding steroid dienone is 3. The van der Waals surface area contributed by atoms with Gasteiger partial charge in [-0.1, -0.05) is 44.8 Å². The molecular weight excluding hydrogens is 228 g/mol. The lowest BCUT2D eigenvalue weighted by atomic mass is 9.71. The Bertz CT molecular complexity index is 431. The highest BCUT2D eigenvalue weighted by molar-refractivity contribution is 6.11. The number of esters is 2. The summed E-state index contributed by atoms with van der Waals surface area (Å²) in [5, 5.41) is 0. The molecule has 1 saturated heterocycles. The van der Waals surface area contributed by atoms with Gasteiger partial charge in [-0.25, -0.2) is 4.79 Å². The van der Waals surface area contributed by atoms with Gasteiger partial charge in [0.25, 0.3) is 0 Å². The summed E-state index contributed by atoms with van der Waals surface area (Å²) in [7, 11) is 0. The van der Waals surface area contributed by atoms with Crippen LogP contribution in [0.4, 0.5) is 0 Å². The third-order valence-electron chi connectivity index (χ3n) is 3.94. The fraction of sp³-hybridized carbons (Fsp3) is 0.600. The Morgan fingerprint density at radius 1 is 1.28 bits per heavy atom. The van der Waals surface area contributed by atoms with Crippen molar-refractivity contribution < 1.29 is 14.3 Å². The first-order valence-corrected chi connectivity index (χ1v) is 6.76. The molecule has 1 fully saturated rings. The van der Waals surface area contributed by atoms with Crippen LogP contribution in [0.1, 0.15) is 52.4 Å². The van der Waals surface area contributed by atoms with Gasteiger partial charge in [0.15, 0.2) is 0 Å². The maximum absolute atomic E-state index is 12.0. The minimum atomic E-state index is -0.677. The van der Waals surface area contributed by atoms with E-state index in [1.54, 1.807) is 0 Å². The van der Waals surface area contributed by atoms with Gasteiger partial charge in [0, 0.05) is 0 Å². The molecule has 1 unspecified atom stereocenters. The van der Waals surface area contributed by atoms with Crippen molar-refractivity contribution in [2.45, 2.75) is 52.4 Å². The molecule has 0 aromatic rings. The van der Waals surface area contributed by atoms with Crippen LogP contribution in [0.2, 0.25) is 0 Å². The van der Waals surface area contributed by atoms with E-state index in [1.165, 1.54) is 6.42 Å². The number of unbranched alkanes of at least 4 members (excludes halogenated alkanes) is 3. The van der Waals surface area contributed by atoms with Crippen molar-refractivity contribution in [1.82, 2.24) is 0 Å². The van der Waals surface area contributed by atoms with Gasteiger partial charge in [0.1, 0.15) is 5.41 Å². The highest BCUT2D eigenvalue weighted by Crippen LogP contribution is 2.47. The molecule has 3 heteroatoms. The quantitative estimate of drug-likeness (QED) is 0.426. The second-order valence-electron chi connectivity index (χ2n) is 5.23. The van der Waals surface area contributed by atoms with E-state index in [-0.39, 0.29) is 5.97 Å². The predicted octanol–water partition coefficient (Wildman–Crippen LogP) is 3.30. The zero-order chi connectivity index (χ0) is 13.2. The van der Waals surface area contributed by atoms with E-state index >= 15 is 0 Å². The smallest absolute Gasteiger partial charge is 0.343 e. The standard InChI is InChI=1S/C15H20O3/c1-3-4-5-6-9-15-10-7-8-11(2)12(15)13(16)18-14(15)17/h7-8H,3-6,9-10H2,1-2H3. The van der Waals surface area contributed by atoms with Gasteiger partial charge in [0.2, 0.25) is 0 Å². The molecule has 0 radical (unpaired) electrons. The van der Waals surface area contributed by atoms with E-state index in [1.807, 2.05) is 19.1 Å². The van der Waals surface area contributed by atoms with E-state index < -0.39 is 11.4 Å². The molecule has 98 valence electrons. The van der Waals surface area contributed by atoms with E-state index in [4.69, 9.17) is 4.74 Å². The topological polar surface area (TPSA) is 43.4 Å². The maximum Gasteiger partial charge on any atom is 0.343 e. The molecule has 2 rings (SSSR count). The summed E-state index contributed by atoms with van der Waals surface area (Å²) in [6, 6.07) is 0. The van der Waals surface area contributed by atoms with Crippen LogP contribution in [0, 0.1) is 5.41 Å². The van der Waals surface area contributed by atoms with Gasteiger partial charge in [-0.15, -0.1) is 0 Å². The van der Waals surface area contributed by atoms with Crippen LogP contribution in [0.3, 0.4) is 0 Å². The summed E-state index contributed by atoms with van der Waals surface area (Å²) in [5.74, 6) is -0.778. The number of carbonyl (C=O) groups excluding carboxylic acids is 2. The van der Waals surface area contributed by atoms with Crippen molar-refractivity contribution in [2.75, 3.05) is 0 Å². The maximum atomic E-state index is 12.0. The van der Waals surface area contributed by atoms with Crippen molar-refractivity contribution >= 4 is 11.9 Å². The van der Waals surface area contributed by atoms with Crippen LogP contribution in [0.25, 0.3) is 0 Å². The number of cyclic esters (lactones) is 2. The predicted molar refractivity (Wildman–Crippen MR) is 68.7 cm³/mol. The van der Waals surface area contributed by atoms with Crippen molar-refractivity contribution in [3.63, 3.8) is 0 Å². The number of rotatable bonds is 5. The van der Waals surface area contributed by atoms with E-state index in [9.17, 15) is 9.59 Å². The number of hydrogen-bond acceptors (Lipinski definition) is 3. The molecule has 1 aliphatic carbocycles. The molecule has 0 aromatic carbocycles. The molecule has 0 N–H and O–H groups in total. The minimum absolute atomic E-state index is 0.345. The average molecular weight is 248 g/mol. The Kier molecular flexibility index (Phi) is 3.69. The lowest BCUT2D eigenvalue weighted by molar-refractivity contribution is -0.155. The molecule has 0 amide bonds. The highest BCUT2D eigenvalue weighted by Gasteiger charge is 2.53. The van der Waals surface area contributed by atoms with Crippen molar-refractivity contribution in [1.29, 1.82) is 0 Å². The van der Waals surface area contributed by atoms with Crippen LogP contribution in [0.5, 0.6) is 0 Å². The van der Waals surface area contributed by atoms with Crippen LogP contribution in [0.15, 0.2) is 23.3 Å². The van der Waals surface area contributed by atoms with E-state index in [0.717, 1.165) is 31.3 Å².